The van der Waals surface area contributed by atoms with Crippen molar-refractivity contribution >= 4 is 26.4 Å². The number of sulfone groups is 1. The summed E-state index contributed by atoms with van der Waals surface area (Å²) < 4.78 is 24.8. The highest BCUT2D eigenvalue weighted by molar-refractivity contribution is 7.90. The van der Waals surface area contributed by atoms with Gasteiger partial charge in [-0.15, -0.1) is 0 Å². The van der Waals surface area contributed by atoms with E-state index >= 15 is 0 Å². The quantitative estimate of drug-likeness (QED) is 0.542. The molecule has 1 heterocycles. The third kappa shape index (κ3) is 3.04. The number of hydrogen-bond acceptors (Lipinski definition) is 5. The number of benzene rings is 2. The highest BCUT2D eigenvalue weighted by Crippen LogP contribution is 2.26. The molecule has 0 radical (unpaired) electrons. The molecule has 23 heavy (non-hydrogen) atoms. The fourth-order valence-electron chi connectivity index (χ4n) is 2.34. The van der Waals surface area contributed by atoms with Crippen LogP contribution in [0.15, 0.2) is 65.6 Å². The molecule has 0 atom stereocenters. The normalized spacial score (nSPS) is 11.5. The molecule has 0 aliphatic carbocycles. The van der Waals surface area contributed by atoms with Gasteiger partial charge in [0.25, 0.3) is 5.69 Å². The SMILES string of the molecule is O=[N+]([O-])c1cc(CS(=O)(=O)c2ccccc2)nc2ccccc12. The topological polar surface area (TPSA) is 90.2 Å². The Kier molecular flexibility index (Phi) is 3.79. The maximum absolute atomic E-state index is 12.4. The Labute approximate surface area is 132 Å². The number of fused-ring (bicyclic) bond motifs is 1. The number of hydrogen-bond donors (Lipinski definition) is 0. The lowest BCUT2D eigenvalue weighted by Crippen LogP contribution is -2.07. The molecule has 0 unspecified atom stereocenters. The number of nitro groups is 1. The molecular weight excluding hydrogens is 316 g/mol. The summed E-state index contributed by atoms with van der Waals surface area (Å²) >= 11 is 0. The molecule has 0 spiro atoms. The number of nitrogens with zero attached hydrogens (tertiary/aromatic N) is 2. The molecule has 0 saturated heterocycles. The molecule has 0 fully saturated rings. The second-order valence-electron chi connectivity index (χ2n) is 4.98. The molecule has 3 aromatic rings. The zero-order valence-corrected chi connectivity index (χ0v) is 12.7. The molecule has 2 aromatic carbocycles. The maximum atomic E-state index is 12.4. The van der Waals surface area contributed by atoms with Crippen molar-refractivity contribution in [1.82, 2.24) is 4.98 Å². The third-order valence-electron chi connectivity index (χ3n) is 3.38. The average molecular weight is 328 g/mol. The zero-order valence-electron chi connectivity index (χ0n) is 11.9. The van der Waals surface area contributed by atoms with Gasteiger partial charge in [0.1, 0.15) is 0 Å². The lowest BCUT2D eigenvalue weighted by molar-refractivity contribution is -0.383. The van der Waals surface area contributed by atoms with Gasteiger partial charge in [-0.25, -0.2) is 8.42 Å². The van der Waals surface area contributed by atoms with E-state index in [4.69, 9.17) is 0 Å². The third-order valence-corrected chi connectivity index (χ3v) is 5.05. The van der Waals surface area contributed by atoms with E-state index in [1.165, 1.54) is 18.2 Å². The van der Waals surface area contributed by atoms with Crippen molar-refractivity contribution in [2.24, 2.45) is 0 Å². The molecule has 0 aliphatic heterocycles. The van der Waals surface area contributed by atoms with Gasteiger partial charge in [0, 0.05) is 6.07 Å². The largest absolute Gasteiger partial charge is 0.280 e. The summed E-state index contributed by atoms with van der Waals surface area (Å²) in [5.74, 6) is -0.386. The zero-order chi connectivity index (χ0) is 16.4. The van der Waals surface area contributed by atoms with E-state index in [1.807, 2.05) is 0 Å². The Morgan fingerprint density at radius 1 is 1.00 bits per heavy atom. The minimum atomic E-state index is -3.61. The Morgan fingerprint density at radius 2 is 1.65 bits per heavy atom. The molecule has 7 heteroatoms. The van der Waals surface area contributed by atoms with Gasteiger partial charge in [-0.1, -0.05) is 30.3 Å². The first-order chi connectivity index (χ1) is 11.0. The second-order valence-corrected chi connectivity index (χ2v) is 6.97. The van der Waals surface area contributed by atoms with Crippen LogP contribution in [-0.2, 0) is 15.6 Å². The second kappa shape index (κ2) is 5.77. The van der Waals surface area contributed by atoms with Crippen molar-refractivity contribution < 1.29 is 13.3 Å². The van der Waals surface area contributed by atoms with Gasteiger partial charge in [-0.05, 0) is 24.3 Å². The van der Waals surface area contributed by atoms with Crippen molar-refractivity contribution in [3.63, 3.8) is 0 Å². The van der Waals surface area contributed by atoms with Crippen LogP contribution in [0.3, 0.4) is 0 Å². The standard InChI is InChI=1S/C16H12N2O4S/c19-18(20)16-10-12(17-15-9-5-4-8-14(15)16)11-23(21,22)13-6-2-1-3-7-13/h1-10H,11H2. The number of rotatable bonds is 4. The first kappa shape index (κ1) is 15.1. The van der Waals surface area contributed by atoms with Crippen LogP contribution in [0.5, 0.6) is 0 Å². The van der Waals surface area contributed by atoms with Gasteiger partial charge >= 0.3 is 0 Å². The first-order valence-corrected chi connectivity index (χ1v) is 8.43. The number of aromatic nitrogens is 1. The summed E-state index contributed by atoms with van der Waals surface area (Å²) in [5.41, 5.74) is 0.410. The van der Waals surface area contributed by atoms with Gasteiger partial charge in [0.15, 0.2) is 9.84 Å². The van der Waals surface area contributed by atoms with Gasteiger partial charge < -0.3 is 0 Å². The van der Waals surface area contributed by atoms with Crippen molar-refractivity contribution in [3.05, 3.63) is 76.5 Å². The highest BCUT2D eigenvalue weighted by Gasteiger charge is 2.20. The van der Waals surface area contributed by atoms with Crippen LogP contribution >= 0.6 is 0 Å². The van der Waals surface area contributed by atoms with Crippen molar-refractivity contribution in [3.8, 4) is 0 Å². The Morgan fingerprint density at radius 3 is 2.35 bits per heavy atom. The summed E-state index contributed by atoms with van der Waals surface area (Å²) in [6, 6.07) is 15.8. The van der Waals surface area contributed by atoms with E-state index in [-0.39, 0.29) is 22.0 Å². The molecule has 3 rings (SSSR count). The molecule has 0 amide bonds. The Hall–Kier alpha value is -2.80. The predicted octanol–water partition coefficient (Wildman–Crippen LogP) is 3.12. The van der Waals surface area contributed by atoms with Crippen LogP contribution in [-0.4, -0.2) is 18.3 Å². The number of pyridine rings is 1. The molecule has 0 aliphatic rings. The Balaban J connectivity index is 2.09. The lowest BCUT2D eigenvalue weighted by Gasteiger charge is -2.06. The molecule has 0 bridgehead atoms. The van der Waals surface area contributed by atoms with E-state index < -0.39 is 14.8 Å². The van der Waals surface area contributed by atoms with Crippen LogP contribution in [0.2, 0.25) is 0 Å². The summed E-state index contributed by atoms with van der Waals surface area (Å²) in [7, 11) is -3.61. The fourth-order valence-corrected chi connectivity index (χ4v) is 3.62. The molecular formula is C16H12N2O4S. The van der Waals surface area contributed by atoms with Crippen molar-refractivity contribution in [2.45, 2.75) is 10.6 Å². The summed E-state index contributed by atoms with van der Waals surface area (Å²) in [5, 5.41) is 11.6. The fraction of sp³-hybridized carbons (Fsp3) is 0.0625. The van der Waals surface area contributed by atoms with E-state index in [0.717, 1.165) is 0 Å². The lowest BCUT2D eigenvalue weighted by atomic mass is 10.1. The summed E-state index contributed by atoms with van der Waals surface area (Å²) in [4.78, 5) is 15.1. The Bertz CT molecular complexity index is 985. The van der Waals surface area contributed by atoms with E-state index in [0.29, 0.717) is 10.9 Å². The number of para-hydroxylation sites is 1. The predicted molar refractivity (Wildman–Crippen MR) is 85.7 cm³/mol. The highest BCUT2D eigenvalue weighted by atomic mass is 32.2. The summed E-state index contributed by atoms with van der Waals surface area (Å²) in [6.07, 6.45) is 0. The molecule has 6 nitrogen and oxygen atoms in total. The van der Waals surface area contributed by atoms with Gasteiger partial charge in [-0.2, -0.15) is 0 Å². The van der Waals surface area contributed by atoms with E-state index in [2.05, 4.69) is 4.98 Å². The summed E-state index contributed by atoms with van der Waals surface area (Å²) in [6.45, 7) is 0. The van der Waals surface area contributed by atoms with Gasteiger partial charge in [-0.3, -0.25) is 15.1 Å². The molecule has 0 saturated carbocycles. The minimum Gasteiger partial charge on any atom is -0.258 e. The molecule has 0 N–H and O–H groups in total. The van der Waals surface area contributed by atoms with Crippen molar-refractivity contribution in [1.29, 1.82) is 0 Å². The molecule has 116 valence electrons. The van der Waals surface area contributed by atoms with Gasteiger partial charge in [0.2, 0.25) is 0 Å². The van der Waals surface area contributed by atoms with E-state index in [1.54, 1.807) is 42.5 Å². The van der Waals surface area contributed by atoms with Crippen LogP contribution in [0.25, 0.3) is 10.9 Å². The maximum Gasteiger partial charge on any atom is 0.280 e. The average Bonchev–Trinajstić information content (AvgIpc) is 2.54. The van der Waals surface area contributed by atoms with Gasteiger partial charge in [0.05, 0.1) is 32.2 Å². The first-order valence-electron chi connectivity index (χ1n) is 6.78. The van der Waals surface area contributed by atoms with Crippen LogP contribution in [0, 0.1) is 10.1 Å². The monoisotopic (exact) mass is 328 g/mol. The van der Waals surface area contributed by atoms with Crippen molar-refractivity contribution in [2.75, 3.05) is 0 Å². The van der Waals surface area contributed by atoms with Crippen LogP contribution in [0.1, 0.15) is 5.69 Å². The van der Waals surface area contributed by atoms with Crippen LogP contribution < -0.4 is 0 Å². The smallest absolute Gasteiger partial charge is 0.258 e. The molecule has 1 aromatic heterocycles. The van der Waals surface area contributed by atoms with E-state index in [9.17, 15) is 18.5 Å². The minimum absolute atomic E-state index is 0.145. The van der Waals surface area contributed by atoms with Crippen LogP contribution in [0.4, 0.5) is 5.69 Å².